The van der Waals surface area contributed by atoms with Gasteiger partial charge in [-0.2, -0.15) is 0 Å². The molecule has 0 aliphatic rings. The van der Waals surface area contributed by atoms with Gasteiger partial charge in [0.2, 0.25) is 0 Å². The lowest BCUT2D eigenvalue weighted by atomic mass is 10.1. The highest BCUT2D eigenvalue weighted by Crippen LogP contribution is 2.17. The van der Waals surface area contributed by atoms with Gasteiger partial charge in [0.05, 0.1) is 5.92 Å². The highest BCUT2D eigenvalue weighted by atomic mass is 16.6. The Hall–Kier alpha value is -1.81. The number of ether oxygens (including phenoxy) is 1. The van der Waals surface area contributed by atoms with E-state index in [9.17, 15) is 4.79 Å². The molecule has 2 rings (SSSR count). The number of benzene rings is 1. The van der Waals surface area contributed by atoms with Crippen LogP contribution in [0.25, 0.3) is 10.9 Å². The highest BCUT2D eigenvalue weighted by molar-refractivity contribution is 5.83. The Labute approximate surface area is 132 Å². The molecule has 2 N–H and O–H groups in total. The molecule has 0 aliphatic carbocycles. The number of esters is 1. The summed E-state index contributed by atoms with van der Waals surface area (Å²) in [7, 11) is 0. The van der Waals surface area contributed by atoms with Crippen molar-refractivity contribution in [2.24, 2.45) is 5.92 Å². The predicted octanol–water partition coefficient (Wildman–Crippen LogP) is 3.28. The number of aromatic amines is 1. The van der Waals surface area contributed by atoms with Crippen LogP contribution in [0.15, 0.2) is 30.5 Å². The molecule has 1 heterocycles. The minimum absolute atomic E-state index is 0.137. The summed E-state index contributed by atoms with van der Waals surface area (Å²) < 4.78 is 5.38. The van der Waals surface area contributed by atoms with Gasteiger partial charge in [-0.3, -0.25) is 4.79 Å². The molecule has 1 atom stereocenters. The summed E-state index contributed by atoms with van der Waals surface area (Å²) in [6, 6.07) is 8.29. The molecular weight excluding hydrogens is 276 g/mol. The van der Waals surface area contributed by atoms with Crippen LogP contribution >= 0.6 is 0 Å². The molecule has 1 aromatic heterocycles. The fraction of sp³-hybridized carbons (Fsp3) is 0.500. The second kappa shape index (κ2) is 6.97. The SMILES string of the molecule is CC(CNCCc1c[nH]c2ccccc12)C(=O)OC(C)(C)C. The maximum atomic E-state index is 11.9. The third kappa shape index (κ3) is 4.60. The van der Waals surface area contributed by atoms with E-state index in [1.54, 1.807) is 0 Å². The molecule has 22 heavy (non-hydrogen) atoms. The normalized spacial score (nSPS) is 13.3. The summed E-state index contributed by atoms with van der Waals surface area (Å²) in [5, 5.41) is 4.61. The molecule has 0 amide bonds. The number of hydrogen-bond acceptors (Lipinski definition) is 3. The number of rotatable bonds is 6. The first-order valence-electron chi connectivity index (χ1n) is 7.85. The van der Waals surface area contributed by atoms with Crippen LogP contribution in [0, 0.1) is 5.92 Å². The van der Waals surface area contributed by atoms with Gasteiger partial charge >= 0.3 is 5.97 Å². The first kappa shape index (κ1) is 16.6. The monoisotopic (exact) mass is 302 g/mol. The van der Waals surface area contributed by atoms with E-state index in [4.69, 9.17) is 4.74 Å². The predicted molar refractivity (Wildman–Crippen MR) is 89.9 cm³/mol. The van der Waals surface area contributed by atoms with Crippen molar-refractivity contribution in [3.05, 3.63) is 36.0 Å². The summed E-state index contributed by atoms with van der Waals surface area (Å²) in [4.78, 5) is 15.2. The maximum Gasteiger partial charge on any atom is 0.310 e. The quantitative estimate of drug-likeness (QED) is 0.636. The highest BCUT2D eigenvalue weighted by Gasteiger charge is 2.21. The molecule has 1 unspecified atom stereocenters. The lowest BCUT2D eigenvalue weighted by Crippen LogP contribution is -2.33. The average molecular weight is 302 g/mol. The summed E-state index contributed by atoms with van der Waals surface area (Å²) >= 11 is 0. The molecule has 0 spiro atoms. The van der Waals surface area contributed by atoms with Crippen molar-refractivity contribution in [2.75, 3.05) is 13.1 Å². The molecule has 4 nitrogen and oxygen atoms in total. The number of para-hydroxylation sites is 1. The molecule has 0 bridgehead atoms. The van der Waals surface area contributed by atoms with Gasteiger partial charge in [-0.05, 0) is 45.4 Å². The van der Waals surface area contributed by atoms with Gasteiger partial charge < -0.3 is 15.0 Å². The van der Waals surface area contributed by atoms with Crippen LogP contribution in [0.2, 0.25) is 0 Å². The van der Waals surface area contributed by atoms with Crippen LogP contribution in [0.1, 0.15) is 33.3 Å². The first-order chi connectivity index (χ1) is 10.4. The Kier molecular flexibility index (Phi) is 5.24. The van der Waals surface area contributed by atoms with E-state index in [1.165, 1.54) is 16.5 Å². The number of fused-ring (bicyclic) bond motifs is 1. The van der Waals surface area contributed by atoms with E-state index < -0.39 is 5.60 Å². The summed E-state index contributed by atoms with van der Waals surface area (Å²) in [5.74, 6) is -0.283. The maximum absolute atomic E-state index is 11.9. The molecule has 120 valence electrons. The Bertz CT molecular complexity index is 625. The fourth-order valence-electron chi connectivity index (χ4n) is 2.37. The molecule has 2 aromatic rings. The topological polar surface area (TPSA) is 54.1 Å². The smallest absolute Gasteiger partial charge is 0.310 e. The largest absolute Gasteiger partial charge is 0.460 e. The Morgan fingerprint density at radius 3 is 2.77 bits per heavy atom. The molecule has 0 saturated heterocycles. The fourth-order valence-corrected chi connectivity index (χ4v) is 2.37. The zero-order valence-electron chi connectivity index (χ0n) is 13.9. The minimum Gasteiger partial charge on any atom is -0.460 e. The van der Waals surface area contributed by atoms with Crippen molar-refractivity contribution in [2.45, 2.75) is 39.7 Å². The summed E-state index contributed by atoms with van der Waals surface area (Å²) in [5.41, 5.74) is 2.04. The number of aromatic nitrogens is 1. The lowest BCUT2D eigenvalue weighted by molar-refractivity contribution is -0.159. The van der Waals surface area contributed by atoms with Gasteiger partial charge in [0.1, 0.15) is 5.60 Å². The van der Waals surface area contributed by atoms with Crippen LogP contribution in [-0.2, 0) is 16.0 Å². The van der Waals surface area contributed by atoms with Gasteiger partial charge in [-0.25, -0.2) is 0 Å². The summed E-state index contributed by atoms with van der Waals surface area (Å²) in [6.07, 6.45) is 2.99. The Balaban J connectivity index is 1.76. The zero-order valence-corrected chi connectivity index (χ0v) is 13.9. The van der Waals surface area contributed by atoms with Crippen molar-refractivity contribution >= 4 is 16.9 Å². The van der Waals surface area contributed by atoms with Crippen LogP contribution < -0.4 is 5.32 Å². The number of carbonyl (C=O) groups excluding carboxylic acids is 1. The van der Waals surface area contributed by atoms with Crippen molar-refractivity contribution in [3.8, 4) is 0 Å². The zero-order chi connectivity index (χ0) is 16.2. The van der Waals surface area contributed by atoms with E-state index >= 15 is 0 Å². The molecule has 4 heteroatoms. The molecular formula is C18H26N2O2. The molecule has 0 radical (unpaired) electrons. The van der Waals surface area contributed by atoms with Crippen molar-refractivity contribution in [1.29, 1.82) is 0 Å². The van der Waals surface area contributed by atoms with Gasteiger partial charge in [-0.15, -0.1) is 0 Å². The molecule has 0 aliphatic heterocycles. The average Bonchev–Trinajstić information content (AvgIpc) is 2.85. The molecule has 1 aromatic carbocycles. The Morgan fingerprint density at radius 1 is 1.32 bits per heavy atom. The van der Waals surface area contributed by atoms with Crippen LogP contribution in [0.4, 0.5) is 0 Å². The summed E-state index contributed by atoms with van der Waals surface area (Å²) in [6.45, 7) is 9.05. The first-order valence-corrected chi connectivity index (χ1v) is 7.85. The van der Waals surface area contributed by atoms with E-state index in [0.717, 1.165) is 13.0 Å². The molecule has 0 fully saturated rings. The second-order valence-corrected chi connectivity index (χ2v) is 6.75. The van der Waals surface area contributed by atoms with Gasteiger partial charge in [0.15, 0.2) is 0 Å². The van der Waals surface area contributed by atoms with Crippen molar-refractivity contribution in [3.63, 3.8) is 0 Å². The Morgan fingerprint density at radius 2 is 2.05 bits per heavy atom. The van der Waals surface area contributed by atoms with E-state index in [0.29, 0.717) is 6.54 Å². The van der Waals surface area contributed by atoms with Crippen molar-refractivity contribution in [1.82, 2.24) is 10.3 Å². The van der Waals surface area contributed by atoms with Crippen molar-refractivity contribution < 1.29 is 9.53 Å². The number of carbonyl (C=O) groups is 1. The third-order valence-electron chi connectivity index (χ3n) is 3.51. The second-order valence-electron chi connectivity index (χ2n) is 6.75. The minimum atomic E-state index is -0.421. The van der Waals surface area contributed by atoms with Crippen LogP contribution in [-0.4, -0.2) is 29.6 Å². The number of hydrogen-bond donors (Lipinski definition) is 2. The third-order valence-corrected chi connectivity index (χ3v) is 3.51. The van der Waals surface area contributed by atoms with Gasteiger partial charge in [-0.1, -0.05) is 25.1 Å². The standard InChI is InChI=1S/C18H26N2O2/c1-13(17(21)22-18(2,3)4)11-19-10-9-14-12-20-16-8-6-5-7-15(14)16/h5-8,12-13,19-20H,9-11H2,1-4H3. The van der Waals surface area contributed by atoms with Crippen LogP contribution in [0.3, 0.4) is 0 Å². The van der Waals surface area contributed by atoms with E-state index in [1.807, 2.05) is 33.8 Å². The molecule has 0 saturated carbocycles. The number of H-pyrrole nitrogens is 1. The van der Waals surface area contributed by atoms with Crippen LogP contribution in [0.5, 0.6) is 0 Å². The van der Waals surface area contributed by atoms with E-state index in [2.05, 4.69) is 34.7 Å². The van der Waals surface area contributed by atoms with E-state index in [-0.39, 0.29) is 11.9 Å². The van der Waals surface area contributed by atoms with Gasteiger partial charge in [0.25, 0.3) is 0 Å². The number of nitrogens with one attached hydrogen (secondary N) is 2. The van der Waals surface area contributed by atoms with Gasteiger partial charge in [0, 0.05) is 23.6 Å². The lowest BCUT2D eigenvalue weighted by Gasteiger charge is -2.22.